The number of hydrogen-bond donors (Lipinski definition) is 3. The van der Waals surface area contributed by atoms with Crippen molar-refractivity contribution >= 4 is 28.7 Å². The Morgan fingerprint density at radius 2 is 1.93 bits per heavy atom. The Kier molecular flexibility index (Phi) is 6.06. The number of carbonyl (C=O) groups is 1. The largest absolute Gasteiger partial charge is 0.373 e. The van der Waals surface area contributed by atoms with E-state index in [4.69, 9.17) is 0 Å². The first-order valence-corrected chi connectivity index (χ1v) is 9.42. The first-order chi connectivity index (χ1) is 14.0. The van der Waals surface area contributed by atoms with Gasteiger partial charge in [-0.05, 0) is 30.2 Å². The van der Waals surface area contributed by atoms with Crippen LogP contribution < -0.4 is 21.5 Å². The van der Waals surface area contributed by atoms with Crippen LogP contribution >= 0.6 is 0 Å². The maximum Gasteiger partial charge on any atom is 0.295 e. The molecule has 0 aliphatic rings. The molecule has 0 aliphatic heterocycles. The highest BCUT2D eigenvalue weighted by atomic mass is 16.2. The molecular weight excluding hydrogens is 370 g/mol. The standard InChI is InChI=1S/C20H25N7O2/c1-12(2)17(13-7-5-6-10-23-13)27-19-14(8-9-15(21-3)26-19)25-18(20(27)29)24-11-16(28)22-4/h5-10,12,17H,11H2,1-4H3,(H,21,26)(H,22,28)(H,24,25)/t17-/m0/s1. The Labute approximate surface area is 168 Å². The van der Waals surface area contributed by atoms with Gasteiger partial charge in [-0.15, -0.1) is 0 Å². The molecule has 0 aliphatic carbocycles. The molecule has 152 valence electrons. The molecule has 0 saturated carbocycles. The number of nitrogens with one attached hydrogen (secondary N) is 3. The summed E-state index contributed by atoms with van der Waals surface area (Å²) < 4.78 is 1.61. The third-order valence-electron chi connectivity index (χ3n) is 4.59. The van der Waals surface area contributed by atoms with E-state index in [1.165, 1.54) is 7.05 Å². The number of fused-ring (bicyclic) bond motifs is 1. The van der Waals surface area contributed by atoms with Crippen LogP contribution in [0.4, 0.5) is 11.6 Å². The number of nitrogens with zero attached hydrogens (tertiary/aromatic N) is 4. The molecule has 9 nitrogen and oxygen atoms in total. The van der Waals surface area contributed by atoms with E-state index in [2.05, 4.69) is 30.9 Å². The third-order valence-corrected chi connectivity index (χ3v) is 4.59. The van der Waals surface area contributed by atoms with E-state index in [9.17, 15) is 9.59 Å². The minimum absolute atomic E-state index is 0.0534. The Morgan fingerprint density at radius 3 is 2.55 bits per heavy atom. The fourth-order valence-corrected chi connectivity index (χ4v) is 3.17. The number of pyridine rings is 2. The zero-order valence-corrected chi connectivity index (χ0v) is 16.9. The van der Waals surface area contributed by atoms with Gasteiger partial charge in [-0.3, -0.25) is 19.1 Å². The van der Waals surface area contributed by atoms with Crippen molar-refractivity contribution in [2.75, 3.05) is 31.3 Å². The molecule has 3 aromatic rings. The van der Waals surface area contributed by atoms with Crippen molar-refractivity contribution in [3.63, 3.8) is 0 Å². The first-order valence-electron chi connectivity index (χ1n) is 9.42. The minimum atomic E-state index is -0.355. The van der Waals surface area contributed by atoms with Crippen molar-refractivity contribution in [3.05, 3.63) is 52.6 Å². The third kappa shape index (κ3) is 4.18. The Morgan fingerprint density at radius 1 is 1.14 bits per heavy atom. The number of amides is 1. The molecule has 0 unspecified atom stereocenters. The molecule has 0 spiro atoms. The van der Waals surface area contributed by atoms with Crippen LogP contribution in [0.2, 0.25) is 0 Å². The van der Waals surface area contributed by atoms with E-state index >= 15 is 0 Å². The van der Waals surface area contributed by atoms with Crippen LogP contribution in [0.15, 0.2) is 41.3 Å². The van der Waals surface area contributed by atoms with Gasteiger partial charge in [0.15, 0.2) is 11.5 Å². The van der Waals surface area contributed by atoms with Crippen LogP contribution in [-0.2, 0) is 4.79 Å². The predicted molar refractivity (Wildman–Crippen MR) is 113 cm³/mol. The number of hydrogen-bond acceptors (Lipinski definition) is 7. The van der Waals surface area contributed by atoms with Crippen LogP contribution in [0.3, 0.4) is 0 Å². The van der Waals surface area contributed by atoms with Gasteiger partial charge >= 0.3 is 0 Å². The van der Waals surface area contributed by atoms with Crippen molar-refractivity contribution in [2.24, 2.45) is 5.92 Å². The Balaban J connectivity index is 2.27. The summed E-state index contributed by atoms with van der Waals surface area (Å²) in [4.78, 5) is 38.6. The first kappa shape index (κ1) is 20.2. The van der Waals surface area contributed by atoms with E-state index in [1.54, 1.807) is 29.9 Å². The molecule has 29 heavy (non-hydrogen) atoms. The number of anilines is 2. The van der Waals surface area contributed by atoms with Crippen molar-refractivity contribution in [3.8, 4) is 0 Å². The van der Waals surface area contributed by atoms with Crippen molar-refractivity contribution in [1.29, 1.82) is 0 Å². The molecule has 3 heterocycles. The molecule has 1 amide bonds. The van der Waals surface area contributed by atoms with Gasteiger partial charge < -0.3 is 16.0 Å². The number of aromatic nitrogens is 4. The lowest BCUT2D eigenvalue weighted by Gasteiger charge is -2.25. The van der Waals surface area contributed by atoms with Gasteiger partial charge in [-0.2, -0.15) is 0 Å². The zero-order chi connectivity index (χ0) is 21.0. The van der Waals surface area contributed by atoms with Gasteiger partial charge in [0.05, 0.1) is 18.3 Å². The summed E-state index contributed by atoms with van der Waals surface area (Å²) in [5.41, 5.74) is 1.40. The van der Waals surface area contributed by atoms with Crippen LogP contribution in [0.25, 0.3) is 11.2 Å². The normalized spacial score (nSPS) is 12.0. The molecule has 1 atom stereocenters. The SMILES string of the molecule is CNC(=O)CNc1nc2ccc(NC)nc2n([C@H](c2ccccn2)C(C)C)c1=O. The summed E-state index contributed by atoms with van der Waals surface area (Å²) in [5.74, 6) is 0.537. The van der Waals surface area contributed by atoms with Crippen molar-refractivity contribution < 1.29 is 4.79 Å². The van der Waals surface area contributed by atoms with Crippen LogP contribution in [0.1, 0.15) is 25.6 Å². The summed E-state index contributed by atoms with van der Waals surface area (Å²) in [7, 11) is 3.30. The van der Waals surface area contributed by atoms with E-state index in [0.29, 0.717) is 17.0 Å². The lowest BCUT2D eigenvalue weighted by atomic mass is 9.99. The summed E-state index contributed by atoms with van der Waals surface area (Å²) in [5, 5.41) is 8.37. The second-order valence-corrected chi connectivity index (χ2v) is 6.89. The van der Waals surface area contributed by atoms with Gasteiger partial charge in [-0.1, -0.05) is 19.9 Å². The highest BCUT2D eigenvalue weighted by Gasteiger charge is 2.25. The Bertz CT molecular complexity index is 1060. The monoisotopic (exact) mass is 395 g/mol. The molecule has 9 heteroatoms. The van der Waals surface area contributed by atoms with Gasteiger partial charge in [-0.25, -0.2) is 9.97 Å². The lowest BCUT2D eigenvalue weighted by molar-refractivity contribution is -0.118. The van der Waals surface area contributed by atoms with Crippen LogP contribution in [0.5, 0.6) is 0 Å². The molecule has 0 radical (unpaired) electrons. The summed E-state index contributed by atoms with van der Waals surface area (Å²) >= 11 is 0. The van der Waals surface area contributed by atoms with Gasteiger partial charge in [0.1, 0.15) is 11.3 Å². The molecule has 0 fully saturated rings. The molecule has 3 aromatic heterocycles. The van der Waals surface area contributed by atoms with E-state index in [1.807, 2.05) is 32.0 Å². The maximum absolute atomic E-state index is 13.4. The van der Waals surface area contributed by atoms with Gasteiger partial charge in [0.25, 0.3) is 5.56 Å². The number of likely N-dealkylation sites (N-methyl/N-ethyl adjacent to an activating group) is 1. The van der Waals surface area contributed by atoms with Gasteiger partial charge in [0, 0.05) is 20.3 Å². The highest BCUT2D eigenvalue weighted by Crippen LogP contribution is 2.27. The van der Waals surface area contributed by atoms with Gasteiger partial charge in [0.2, 0.25) is 5.91 Å². The fourth-order valence-electron chi connectivity index (χ4n) is 3.17. The summed E-state index contributed by atoms with van der Waals surface area (Å²) in [6, 6.07) is 8.85. The molecule has 0 saturated heterocycles. The number of carbonyl (C=O) groups excluding carboxylic acids is 1. The molecule has 3 rings (SSSR count). The van der Waals surface area contributed by atoms with Crippen molar-refractivity contribution in [2.45, 2.75) is 19.9 Å². The highest BCUT2D eigenvalue weighted by molar-refractivity contribution is 5.81. The predicted octanol–water partition coefficient (Wildman–Crippen LogP) is 1.63. The maximum atomic E-state index is 13.4. The molecule has 3 N–H and O–H groups in total. The van der Waals surface area contributed by atoms with Crippen LogP contribution in [0, 0.1) is 5.92 Å². The second kappa shape index (κ2) is 8.68. The summed E-state index contributed by atoms with van der Waals surface area (Å²) in [6.07, 6.45) is 1.70. The molecule has 0 aromatic carbocycles. The lowest BCUT2D eigenvalue weighted by Crippen LogP contribution is -2.34. The average molecular weight is 395 g/mol. The average Bonchev–Trinajstić information content (AvgIpc) is 2.74. The summed E-state index contributed by atoms with van der Waals surface area (Å²) in [6.45, 7) is 4.00. The minimum Gasteiger partial charge on any atom is -0.373 e. The zero-order valence-electron chi connectivity index (χ0n) is 16.9. The van der Waals surface area contributed by atoms with Crippen molar-refractivity contribution in [1.82, 2.24) is 24.8 Å². The Hall–Kier alpha value is -3.49. The topological polar surface area (TPSA) is 114 Å². The van der Waals surface area contributed by atoms with E-state index < -0.39 is 0 Å². The molecular formula is C20H25N7O2. The second-order valence-electron chi connectivity index (χ2n) is 6.89. The molecule has 0 bridgehead atoms. The van der Waals surface area contributed by atoms with Crippen LogP contribution in [-0.4, -0.2) is 46.1 Å². The quantitative estimate of drug-likeness (QED) is 0.557. The smallest absolute Gasteiger partial charge is 0.295 e. The van der Waals surface area contributed by atoms with E-state index in [-0.39, 0.29) is 35.8 Å². The fraction of sp³-hybridized carbons (Fsp3) is 0.350. The number of rotatable bonds is 7. The van der Waals surface area contributed by atoms with E-state index in [0.717, 1.165) is 5.69 Å².